The van der Waals surface area contributed by atoms with E-state index in [1.807, 2.05) is 12.1 Å². The molecule has 0 N–H and O–H groups in total. The summed E-state index contributed by atoms with van der Waals surface area (Å²) in [4.78, 5) is 0. The molecule has 1 rings (SSSR count). The molecule has 0 aliphatic rings. The Morgan fingerprint density at radius 1 is 0.950 bits per heavy atom. The van der Waals surface area contributed by atoms with Crippen LogP contribution >= 0.6 is 28.6 Å². The average Bonchev–Trinajstić information content (AvgIpc) is 2.35. The standard InChI is InChI=1S/C15H23Cl2O2P/c1-4-7-12-10-11-15(19-20(16,17)18)14(9-6-3)13(12)8-5-2/h10-11H,4-9H2,1-3H3. The second-order valence-corrected chi connectivity index (χ2v) is 9.14. The summed E-state index contributed by atoms with van der Waals surface area (Å²) in [5.41, 5.74) is 3.78. The van der Waals surface area contributed by atoms with E-state index in [0.717, 1.165) is 44.1 Å². The monoisotopic (exact) mass is 336 g/mol. The Labute approximate surface area is 131 Å². The van der Waals surface area contributed by atoms with E-state index in [2.05, 4.69) is 20.8 Å². The van der Waals surface area contributed by atoms with E-state index in [4.69, 9.17) is 27.0 Å². The highest BCUT2D eigenvalue weighted by atomic mass is 35.9. The Morgan fingerprint density at radius 3 is 2.00 bits per heavy atom. The molecule has 0 unspecified atom stereocenters. The van der Waals surface area contributed by atoms with Crippen LogP contribution in [0.25, 0.3) is 0 Å². The van der Waals surface area contributed by atoms with Crippen LogP contribution in [0.4, 0.5) is 0 Å². The van der Waals surface area contributed by atoms with Crippen molar-refractivity contribution in [3.63, 3.8) is 0 Å². The van der Waals surface area contributed by atoms with Gasteiger partial charge in [-0.2, -0.15) is 0 Å². The van der Waals surface area contributed by atoms with E-state index in [1.54, 1.807) is 0 Å². The Bertz CT molecular complexity index is 483. The molecule has 1 aromatic carbocycles. The van der Waals surface area contributed by atoms with Gasteiger partial charge in [0.2, 0.25) is 0 Å². The maximum atomic E-state index is 11.5. The molecule has 0 saturated heterocycles. The molecule has 0 aliphatic heterocycles. The Hall–Kier alpha value is -0.170. The van der Waals surface area contributed by atoms with Crippen molar-refractivity contribution in [3.05, 3.63) is 28.8 Å². The minimum atomic E-state index is -3.56. The van der Waals surface area contributed by atoms with Gasteiger partial charge in [0.25, 0.3) is 0 Å². The summed E-state index contributed by atoms with van der Waals surface area (Å²) in [6.45, 7) is 6.45. The van der Waals surface area contributed by atoms with Crippen molar-refractivity contribution in [1.29, 1.82) is 0 Å². The summed E-state index contributed by atoms with van der Waals surface area (Å²) in [5, 5.41) is 0. The molecule has 114 valence electrons. The Kier molecular flexibility index (Phi) is 7.43. The second kappa shape index (κ2) is 8.32. The predicted molar refractivity (Wildman–Crippen MR) is 88.4 cm³/mol. The zero-order valence-electron chi connectivity index (χ0n) is 12.4. The first kappa shape index (κ1) is 17.9. The van der Waals surface area contributed by atoms with E-state index >= 15 is 0 Å². The average molecular weight is 337 g/mol. The fourth-order valence-electron chi connectivity index (χ4n) is 2.51. The lowest BCUT2D eigenvalue weighted by Crippen LogP contribution is -2.03. The van der Waals surface area contributed by atoms with Gasteiger partial charge in [0, 0.05) is 22.5 Å². The zero-order valence-corrected chi connectivity index (χ0v) is 14.8. The van der Waals surface area contributed by atoms with E-state index in [-0.39, 0.29) is 0 Å². The SMILES string of the molecule is CCCc1ccc(OP(=O)(Cl)Cl)c(CCC)c1CCC. The summed E-state index contributed by atoms with van der Waals surface area (Å²) in [6, 6.07) is 3.90. The molecule has 0 radical (unpaired) electrons. The molecule has 2 nitrogen and oxygen atoms in total. The molecule has 0 bridgehead atoms. The summed E-state index contributed by atoms with van der Waals surface area (Å²) < 4.78 is 16.8. The molecule has 0 atom stereocenters. The van der Waals surface area contributed by atoms with Crippen molar-refractivity contribution in [2.24, 2.45) is 0 Å². The van der Waals surface area contributed by atoms with Crippen LogP contribution in [0, 0.1) is 0 Å². The Morgan fingerprint density at radius 2 is 1.50 bits per heavy atom. The summed E-state index contributed by atoms with van der Waals surface area (Å²) in [6.07, 6.45) is 2.53. The number of hydrogen-bond donors (Lipinski definition) is 0. The smallest absolute Gasteiger partial charge is 0.422 e. The van der Waals surface area contributed by atoms with Gasteiger partial charge in [-0.3, -0.25) is 0 Å². The topological polar surface area (TPSA) is 26.3 Å². The highest BCUT2D eigenvalue weighted by Crippen LogP contribution is 2.57. The van der Waals surface area contributed by atoms with Crippen molar-refractivity contribution >= 4 is 28.6 Å². The van der Waals surface area contributed by atoms with Crippen LogP contribution in [0.1, 0.15) is 56.7 Å². The third-order valence-electron chi connectivity index (χ3n) is 3.21. The minimum absolute atomic E-state index is 0.573. The molecule has 0 aromatic heterocycles. The van der Waals surface area contributed by atoms with Crippen LogP contribution in [0.15, 0.2) is 12.1 Å². The molecule has 20 heavy (non-hydrogen) atoms. The fraction of sp³-hybridized carbons (Fsp3) is 0.600. The predicted octanol–water partition coefficient (Wildman–Crippen LogP) is 6.51. The van der Waals surface area contributed by atoms with Crippen LogP contribution in [0.3, 0.4) is 0 Å². The van der Waals surface area contributed by atoms with Crippen molar-refractivity contribution in [2.45, 2.75) is 59.3 Å². The van der Waals surface area contributed by atoms with Crippen molar-refractivity contribution in [2.75, 3.05) is 0 Å². The lowest BCUT2D eigenvalue weighted by atomic mass is 9.91. The molecule has 0 heterocycles. The van der Waals surface area contributed by atoms with Gasteiger partial charge in [-0.25, -0.2) is 4.57 Å². The first-order valence-corrected chi connectivity index (χ1v) is 10.7. The molecule has 5 heteroatoms. The first-order valence-electron chi connectivity index (χ1n) is 7.25. The second-order valence-electron chi connectivity index (χ2n) is 4.94. The largest absolute Gasteiger partial charge is 0.428 e. The molecule has 0 aliphatic carbocycles. The number of rotatable bonds is 8. The maximum absolute atomic E-state index is 11.5. The fourth-order valence-corrected chi connectivity index (χ4v) is 3.36. The molecular formula is C15H23Cl2O2P. The molecule has 0 saturated carbocycles. The minimum Gasteiger partial charge on any atom is -0.422 e. The zero-order chi connectivity index (χ0) is 15.2. The van der Waals surface area contributed by atoms with Crippen molar-refractivity contribution in [3.8, 4) is 5.75 Å². The molecule has 0 amide bonds. The van der Waals surface area contributed by atoms with Crippen LogP contribution in [-0.2, 0) is 23.8 Å². The normalized spacial score (nSPS) is 11.7. The van der Waals surface area contributed by atoms with Gasteiger partial charge in [0.05, 0.1) is 0 Å². The van der Waals surface area contributed by atoms with Crippen LogP contribution in [0.5, 0.6) is 5.75 Å². The highest BCUT2D eigenvalue weighted by Gasteiger charge is 2.21. The summed E-state index contributed by atoms with van der Waals surface area (Å²) in [5.74, 6) is 0.573. The third-order valence-corrected chi connectivity index (χ3v) is 4.03. The van der Waals surface area contributed by atoms with Gasteiger partial charge < -0.3 is 4.52 Å². The molecule has 0 spiro atoms. The van der Waals surface area contributed by atoms with Gasteiger partial charge in [-0.1, -0.05) is 46.1 Å². The first-order chi connectivity index (χ1) is 9.42. The number of benzene rings is 1. The maximum Gasteiger partial charge on any atom is 0.428 e. The van der Waals surface area contributed by atoms with E-state index < -0.39 is 6.07 Å². The van der Waals surface area contributed by atoms with Crippen LogP contribution in [0.2, 0.25) is 0 Å². The van der Waals surface area contributed by atoms with Gasteiger partial charge in [-0.15, -0.1) is 0 Å². The van der Waals surface area contributed by atoms with Crippen molar-refractivity contribution < 1.29 is 9.09 Å². The van der Waals surface area contributed by atoms with Gasteiger partial charge in [0.15, 0.2) is 0 Å². The van der Waals surface area contributed by atoms with Crippen LogP contribution < -0.4 is 4.52 Å². The van der Waals surface area contributed by atoms with Gasteiger partial charge in [0.1, 0.15) is 5.75 Å². The van der Waals surface area contributed by atoms with Gasteiger partial charge >= 0.3 is 6.07 Å². The number of aryl methyl sites for hydroxylation is 1. The lowest BCUT2D eigenvalue weighted by Gasteiger charge is -2.19. The Balaban J connectivity index is 3.30. The van der Waals surface area contributed by atoms with E-state index in [0.29, 0.717) is 5.75 Å². The quantitative estimate of drug-likeness (QED) is 0.506. The van der Waals surface area contributed by atoms with E-state index in [1.165, 1.54) is 11.1 Å². The molecular weight excluding hydrogens is 314 g/mol. The summed E-state index contributed by atoms with van der Waals surface area (Å²) in [7, 11) is 0. The van der Waals surface area contributed by atoms with Crippen LogP contribution in [-0.4, -0.2) is 0 Å². The molecule has 1 aromatic rings. The van der Waals surface area contributed by atoms with Crippen molar-refractivity contribution in [1.82, 2.24) is 0 Å². The highest BCUT2D eigenvalue weighted by molar-refractivity contribution is 8.05. The van der Waals surface area contributed by atoms with E-state index in [9.17, 15) is 4.57 Å². The third kappa shape index (κ3) is 5.31. The molecule has 0 fully saturated rings. The van der Waals surface area contributed by atoms with Gasteiger partial charge in [-0.05, 0) is 42.0 Å². The lowest BCUT2D eigenvalue weighted by molar-refractivity contribution is 0.508. The summed E-state index contributed by atoms with van der Waals surface area (Å²) >= 11 is 11.1. The number of halogens is 2. The number of hydrogen-bond acceptors (Lipinski definition) is 2.